The van der Waals surface area contributed by atoms with E-state index in [4.69, 9.17) is 0 Å². The van der Waals surface area contributed by atoms with Gasteiger partial charge < -0.3 is 10.6 Å². The molecule has 0 heterocycles. The average molecular weight is 367 g/mol. The van der Waals surface area contributed by atoms with Gasteiger partial charge in [0.2, 0.25) is 11.8 Å². The van der Waals surface area contributed by atoms with Crippen LogP contribution >= 0.6 is 0 Å². The molecule has 0 aromatic heterocycles. The standard InChI is InChI=1S/C23H30N2O2/c1-6-16(3)21(19-10-8-7-9-11-19)23(27)24-14-20(26)25-22-17(4)12-15(2)13-18(22)5/h7-13,16,21H,6,14H2,1-5H3,(H,24,27)(H,25,26). The van der Waals surface area contributed by atoms with Crippen LogP contribution in [-0.4, -0.2) is 18.4 Å². The molecule has 0 radical (unpaired) electrons. The molecule has 144 valence electrons. The summed E-state index contributed by atoms with van der Waals surface area (Å²) in [4.78, 5) is 25.2. The van der Waals surface area contributed by atoms with Crippen molar-refractivity contribution in [1.82, 2.24) is 5.32 Å². The van der Waals surface area contributed by atoms with Crippen LogP contribution in [0.5, 0.6) is 0 Å². The van der Waals surface area contributed by atoms with E-state index in [-0.39, 0.29) is 30.2 Å². The van der Waals surface area contributed by atoms with Crippen molar-refractivity contribution in [1.29, 1.82) is 0 Å². The minimum atomic E-state index is -0.258. The summed E-state index contributed by atoms with van der Waals surface area (Å²) in [7, 11) is 0. The summed E-state index contributed by atoms with van der Waals surface area (Å²) in [6, 6.07) is 13.8. The van der Waals surface area contributed by atoms with Crippen LogP contribution < -0.4 is 10.6 Å². The Kier molecular flexibility index (Phi) is 7.17. The largest absolute Gasteiger partial charge is 0.346 e. The number of amides is 2. The molecule has 2 aromatic carbocycles. The summed E-state index contributed by atoms with van der Waals surface area (Å²) in [5.74, 6) is -0.388. The van der Waals surface area contributed by atoms with Gasteiger partial charge in [-0.1, -0.05) is 68.3 Å². The summed E-state index contributed by atoms with van der Waals surface area (Å²) in [6.07, 6.45) is 0.890. The molecule has 4 nitrogen and oxygen atoms in total. The van der Waals surface area contributed by atoms with E-state index in [2.05, 4.69) is 24.5 Å². The van der Waals surface area contributed by atoms with E-state index in [0.29, 0.717) is 0 Å². The van der Waals surface area contributed by atoms with Crippen LogP contribution in [0.1, 0.15) is 48.4 Å². The Labute approximate surface area is 162 Å². The minimum Gasteiger partial charge on any atom is -0.346 e. The predicted octanol–water partition coefficient (Wildman–Crippen LogP) is 4.50. The van der Waals surface area contributed by atoms with Gasteiger partial charge in [0.05, 0.1) is 12.5 Å². The molecule has 0 fully saturated rings. The average Bonchev–Trinajstić information content (AvgIpc) is 2.63. The Hall–Kier alpha value is -2.62. The van der Waals surface area contributed by atoms with Gasteiger partial charge in [0.1, 0.15) is 0 Å². The second kappa shape index (κ2) is 9.36. The zero-order chi connectivity index (χ0) is 20.0. The van der Waals surface area contributed by atoms with E-state index in [0.717, 1.165) is 34.4 Å². The Morgan fingerprint density at radius 2 is 1.59 bits per heavy atom. The van der Waals surface area contributed by atoms with Crippen LogP contribution in [0.2, 0.25) is 0 Å². The van der Waals surface area contributed by atoms with Gasteiger partial charge in [0.15, 0.2) is 0 Å². The fraction of sp³-hybridized carbons (Fsp3) is 0.391. The molecule has 2 amide bonds. The molecule has 2 aromatic rings. The number of rotatable bonds is 7. The van der Waals surface area contributed by atoms with Crippen LogP contribution in [0.15, 0.2) is 42.5 Å². The van der Waals surface area contributed by atoms with Crippen molar-refractivity contribution in [2.45, 2.75) is 47.0 Å². The molecule has 4 heteroatoms. The highest BCUT2D eigenvalue weighted by molar-refractivity contribution is 5.96. The van der Waals surface area contributed by atoms with Crippen LogP contribution in [0, 0.1) is 26.7 Å². The second-order valence-corrected chi connectivity index (χ2v) is 7.31. The molecule has 0 saturated carbocycles. The van der Waals surface area contributed by atoms with Gasteiger partial charge in [-0.05, 0) is 43.4 Å². The topological polar surface area (TPSA) is 58.2 Å². The fourth-order valence-corrected chi connectivity index (χ4v) is 3.47. The number of hydrogen-bond acceptors (Lipinski definition) is 2. The third-order valence-electron chi connectivity index (χ3n) is 5.02. The molecule has 0 spiro atoms. The first-order chi connectivity index (χ1) is 12.8. The van der Waals surface area contributed by atoms with Gasteiger partial charge in [-0.2, -0.15) is 0 Å². The van der Waals surface area contributed by atoms with Crippen molar-refractivity contribution in [2.24, 2.45) is 5.92 Å². The lowest BCUT2D eigenvalue weighted by Gasteiger charge is -2.22. The predicted molar refractivity (Wildman–Crippen MR) is 111 cm³/mol. The lowest BCUT2D eigenvalue weighted by molar-refractivity contribution is -0.126. The van der Waals surface area contributed by atoms with Crippen LogP contribution in [0.4, 0.5) is 5.69 Å². The number of aryl methyl sites for hydroxylation is 3. The first kappa shape index (κ1) is 20.7. The normalized spacial score (nSPS) is 12.9. The summed E-state index contributed by atoms with van der Waals surface area (Å²) in [5, 5.41) is 5.75. The highest BCUT2D eigenvalue weighted by Gasteiger charge is 2.26. The monoisotopic (exact) mass is 366 g/mol. The van der Waals surface area contributed by atoms with Crippen molar-refractivity contribution >= 4 is 17.5 Å². The summed E-state index contributed by atoms with van der Waals surface area (Å²) < 4.78 is 0. The maximum Gasteiger partial charge on any atom is 0.243 e. The molecule has 2 atom stereocenters. The molecule has 0 aliphatic carbocycles. The Morgan fingerprint density at radius 3 is 2.15 bits per heavy atom. The quantitative estimate of drug-likeness (QED) is 0.758. The molecule has 27 heavy (non-hydrogen) atoms. The number of carbonyl (C=O) groups is 2. The van der Waals surface area contributed by atoms with Crippen molar-refractivity contribution in [3.8, 4) is 0 Å². The maximum atomic E-state index is 12.8. The van der Waals surface area contributed by atoms with E-state index < -0.39 is 0 Å². The fourth-order valence-electron chi connectivity index (χ4n) is 3.47. The van der Waals surface area contributed by atoms with Crippen molar-refractivity contribution in [3.05, 3.63) is 64.7 Å². The van der Waals surface area contributed by atoms with E-state index in [1.54, 1.807) is 0 Å². The molecule has 2 unspecified atom stereocenters. The van der Waals surface area contributed by atoms with E-state index in [9.17, 15) is 9.59 Å². The number of anilines is 1. The first-order valence-electron chi connectivity index (χ1n) is 9.53. The summed E-state index contributed by atoms with van der Waals surface area (Å²) in [5.41, 5.74) is 5.01. The third-order valence-corrected chi connectivity index (χ3v) is 5.02. The second-order valence-electron chi connectivity index (χ2n) is 7.31. The van der Waals surface area contributed by atoms with Crippen LogP contribution in [0.25, 0.3) is 0 Å². The van der Waals surface area contributed by atoms with Crippen molar-refractivity contribution in [3.63, 3.8) is 0 Å². The summed E-state index contributed by atoms with van der Waals surface area (Å²) in [6.45, 7) is 10.1. The third kappa shape index (κ3) is 5.43. The van der Waals surface area contributed by atoms with E-state index in [1.165, 1.54) is 0 Å². The number of benzene rings is 2. The molecule has 2 N–H and O–H groups in total. The highest BCUT2D eigenvalue weighted by atomic mass is 16.2. The first-order valence-corrected chi connectivity index (χ1v) is 9.53. The Bertz CT molecular complexity index is 776. The SMILES string of the molecule is CCC(C)C(C(=O)NCC(=O)Nc1c(C)cc(C)cc1C)c1ccccc1. The van der Waals surface area contributed by atoms with Gasteiger partial charge in [-0.15, -0.1) is 0 Å². The maximum absolute atomic E-state index is 12.8. The zero-order valence-corrected chi connectivity index (χ0v) is 16.9. The number of hydrogen-bond donors (Lipinski definition) is 2. The lowest BCUT2D eigenvalue weighted by Crippen LogP contribution is -2.38. The highest BCUT2D eigenvalue weighted by Crippen LogP contribution is 2.27. The number of nitrogens with one attached hydrogen (secondary N) is 2. The molecule has 0 aliphatic heterocycles. The van der Waals surface area contributed by atoms with Gasteiger partial charge in [-0.3, -0.25) is 9.59 Å². The molecular formula is C23H30N2O2. The van der Waals surface area contributed by atoms with Gasteiger partial charge >= 0.3 is 0 Å². The number of carbonyl (C=O) groups excluding carboxylic acids is 2. The van der Waals surface area contributed by atoms with Gasteiger partial charge in [-0.25, -0.2) is 0 Å². The van der Waals surface area contributed by atoms with Crippen molar-refractivity contribution < 1.29 is 9.59 Å². The van der Waals surface area contributed by atoms with Crippen LogP contribution in [-0.2, 0) is 9.59 Å². The van der Waals surface area contributed by atoms with E-state index in [1.807, 2.05) is 63.2 Å². The Balaban J connectivity index is 2.04. The molecule has 2 rings (SSSR count). The van der Waals surface area contributed by atoms with Crippen LogP contribution in [0.3, 0.4) is 0 Å². The minimum absolute atomic E-state index is 0.0364. The molecule has 0 aliphatic rings. The van der Waals surface area contributed by atoms with Gasteiger partial charge in [0.25, 0.3) is 0 Å². The Morgan fingerprint density at radius 1 is 1.00 bits per heavy atom. The zero-order valence-electron chi connectivity index (χ0n) is 16.9. The molecular weight excluding hydrogens is 336 g/mol. The molecule has 0 saturated heterocycles. The van der Waals surface area contributed by atoms with Crippen molar-refractivity contribution in [2.75, 3.05) is 11.9 Å². The van der Waals surface area contributed by atoms with E-state index >= 15 is 0 Å². The smallest absolute Gasteiger partial charge is 0.243 e. The lowest BCUT2D eigenvalue weighted by atomic mass is 9.85. The summed E-state index contributed by atoms with van der Waals surface area (Å²) >= 11 is 0. The van der Waals surface area contributed by atoms with Gasteiger partial charge in [0, 0.05) is 5.69 Å². The molecule has 0 bridgehead atoms.